The maximum absolute atomic E-state index is 8.94. The van der Waals surface area contributed by atoms with Crippen LogP contribution in [0.15, 0.2) is 42.5 Å². The minimum absolute atomic E-state index is 0.0971. The number of nitrogens with zero attached hydrogens (tertiary/aromatic N) is 3. The van der Waals surface area contributed by atoms with E-state index in [9.17, 15) is 0 Å². The number of fused-ring (bicyclic) bond motifs is 1. The van der Waals surface area contributed by atoms with Gasteiger partial charge in [-0.1, -0.05) is 30.3 Å². The number of thiol groups is 2. The third kappa shape index (κ3) is 1.97. The molecule has 2 atom stereocenters. The first-order valence-corrected chi connectivity index (χ1v) is 6.86. The summed E-state index contributed by atoms with van der Waals surface area (Å²) < 4.78 is 0. The van der Waals surface area contributed by atoms with Gasteiger partial charge in [-0.15, -0.1) is 25.3 Å². The fourth-order valence-electron chi connectivity index (χ4n) is 2.29. The second kappa shape index (κ2) is 4.80. The van der Waals surface area contributed by atoms with Crippen molar-refractivity contribution in [3.8, 4) is 6.07 Å². The molecule has 0 radical (unpaired) electrons. The van der Waals surface area contributed by atoms with Gasteiger partial charge in [-0.3, -0.25) is 0 Å². The molecule has 2 unspecified atom stereocenters. The average molecular weight is 285 g/mol. The van der Waals surface area contributed by atoms with Gasteiger partial charge in [0, 0.05) is 0 Å². The molecule has 2 heterocycles. The standard InChI is InChI=1S/C14H11N3S2/c15-8-9-4-3-7-12(16-9)17-13(18)10-5-1-2-6-11(10)14(17)19/h1-7,13-14,18-19H. The van der Waals surface area contributed by atoms with Gasteiger partial charge < -0.3 is 4.90 Å². The zero-order valence-corrected chi connectivity index (χ0v) is 11.7. The van der Waals surface area contributed by atoms with Gasteiger partial charge in [0.15, 0.2) is 0 Å². The smallest absolute Gasteiger partial charge is 0.142 e. The molecule has 0 fully saturated rings. The van der Waals surface area contributed by atoms with Crippen molar-refractivity contribution in [3.63, 3.8) is 0 Å². The van der Waals surface area contributed by atoms with Gasteiger partial charge in [0.1, 0.15) is 28.3 Å². The second-order valence-corrected chi connectivity index (χ2v) is 5.25. The number of aromatic nitrogens is 1. The molecule has 0 bridgehead atoms. The van der Waals surface area contributed by atoms with E-state index in [4.69, 9.17) is 5.26 Å². The molecule has 0 spiro atoms. The first-order valence-electron chi connectivity index (χ1n) is 5.83. The lowest BCUT2D eigenvalue weighted by atomic mass is 10.1. The molecule has 19 heavy (non-hydrogen) atoms. The van der Waals surface area contributed by atoms with Gasteiger partial charge in [0.2, 0.25) is 0 Å². The van der Waals surface area contributed by atoms with Crippen LogP contribution in [0.3, 0.4) is 0 Å². The number of pyridine rings is 1. The Hall–Kier alpha value is -1.64. The van der Waals surface area contributed by atoms with Crippen LogP contribution in [-0.4, -0.2) is 4.98 Å². The van der Waals surface area contributed by atoms with Crippen molar-refractivity contribution < 1.29 is 0 Å². The van der Waals surface area contributed by atoms with Crippen LogP contribution in [0.4, 0.5) is 5.82 Å². The van der Waals surface area contributed by atoms with Gasteiger partial charge in [0.25, 0.3) is 0 Å². The molecule has 3 rings (SSSR count). The first-order chi connectivity index (χ1) is 9.22. The molecule has 0 aliphatic carbocycles. The zero-order valence-electron chi connectivity index (χ0n) is 9.93. The van der Waals surface area contributed by atoms with Gasteiger partial charge in [-0.25, -0.2) is 4.98 Å². The molecule has 0 saturated heterocycles. The van der Waals surface area contributed by atoms with Crippen LogP contribution in [0, 0.1) is 11.3 Å². The molecule has 1 aliphatic rings. The number of anilines is 1. The van der Waals surface area contributed by atoms with E-state index >= 15 is 0 Å². The summed E-state index contributed by atoms with van der Waals surface area (Å²) in [7, 11) is 0. The molecule has 94 valence electrons. The Labute approximate surface area is 122 Å². The van der Waals surface area contributed by atoms with Crippen molar-refractivity contribution in [2.24, 2.45) is 0 Å². The highest BCUT2D eigenvalue weighted by molar-refractivity contribution is 7.82. The summed E-state index contributed by atoms with van der Waals surface area (Å²) in [5.74, 6) is 0.718. The largest absolute Gasteiger partial charge is 0.325 e. The molecule has 0 amide bonds. The fraction of sp³-hybridized carbons (Fsp3) is 0.143. The molecule has 2 aromatic rings. The highest BCUT2D eigenvalue weighted by Crippen LogP contribution is 2.47. The summed E-state index contributed by atoms with van der Waals surface area (Å²) in [6, 6.07) is 15.5. The van der Waals surface area contributed by atoms with Gasteiger partial charge >= 0.3 is 0 Å². The van der Waals surface area contributed by atoms with E-state index in [1.54, 1.807) is 6.07 Å². The Morgan fingerprint density at radius 1 is 1.00 bits per heavy atom. The summed E-state index contributed by atoms with van der Waals surface area (Å²) in [5, 5.41) is 8.75. The Balaban J connectivity index is 2.06. The molecule has 0 saturated carbocycles. The summed E-state index contributed by atoms with van der Waals surface area (Å²) in [5.41, 5.74) is 2.67. The van der Waals surface area contributed by atoms with Crippen LogP contribution in [0.25, 0.3) is 0 Å². The van der Waals surface area contributed by atoms with Crippen LogP contribution in [0.2, 0.25) is 0 Å². The summed E-state index contributed by atoms with van der Waals surface area (Å²) >= 11 is 9.31. The number of rotatable bonds is 1. The molecule has 5 heteroatoms. The van der Waals surface area contributed by atoms with Crippen LogP contribution in [0.1, 0.15) is 27.6 Å². The Bertz CT molecular complexity index is 637. The summed E-state index contributed by atoms with van der Waals surface area (Å²) in [6.45, 7) is 0. The van der Waals surface area contributed by atoms with Crippen LogP contribution < -0.4 is 4.90 Å². The SMILES string of the molecule is N#Cc1cccc(N2C(S)c3ccccc3C2S)n1. The lowest BCUT2D eigenvalue weighted by Gasteiger charge is -2.26. The second-order valence-electron chi connectivity index (χ2n) is 4.28. The normalized spacial score (nSPS) is 21.0. The van der Waals surface area contributed by atoms with Gasteiger partial charge in [-0.2, -0.15) is 5.26 Å². The predicted molar refractivity (Wildman–Crippen MR) is 81.3 cm³/mol. The van der Waals surface area contributed by atoms with Crippen LogP contribution >= 0.6 is 25.3 Å². The van der Waals surface area contributed by atoms with Crippen LogP contribution in [-0.2, 0) is 0 Å². The average Bonchev–Trinajstić information content (AvgIpc) is 2.72. The molecular weight excluding hydrogens is 274 g/mol. The van der Waals surface area contributed by atoms with Crippen molar-refractivity contribution in [1.82, 2.24) is 4.98 Å². The van der Waals surface area contributed by atoms with E-state index in [2.05, 4.69) is 36.3 Å². The van der Waals surface area contributed by atoms with E-state index in [1.165, 1.54) is 0 Å². The van der Waals surface area contributed by atoms with Crippen molar-refractivity contribution in [2.75, 3.05) is 4.90 Å². The van der Waals surface area contributed by atoms with Crippen LogP contribution in [0.5, 0.6) is 0 Å². The Morgan fingerprint density at radius 2 is 1.63 bits per heavy atom. The lowest BCUT2D eigenvalue weighted by molar-refractivity contribution is 0.832. The summed E-state index contributed by atoms with van der Waals surface area (Å²) in [6.07, 6.45) is 0. The number of nitriles is 1. The van der Waals surface area contributed by atoms with Crippen molar-refractivity contribution in [3.05, 3.63) is 59.3 Å². The third-order valence-corrected chi connectivity index (χ3v) is 4.25. The summed E-state index contributed by atoms with van der Waals surface area (Å²) in [4.78, 5) is 6.32. The van der Waals surface area contributed by atoms with E-state index < -0.39 is 0 Å². The third-order valence-electron chi connectivity index (χ3n) is 3.19. The molecule has 3 nitrogen and oxygen atoms in total. The molecule has 1 aromatic heterocycles. The molecular formula is C14H11N3S2. The van der Waals surface area contributed by atoms with Crippen molar-refractivity contribution in [1.29, 1.82) is 5.26 Å². The highest BCUT2D eigenvalue weighted by atomic mass is 32.1. The van der Waals surface area contributed by atoms with E-state index in [0.717, 1.165) is 16.9 Å². The Kier molecular flexibility index (Phi) is 3.13. The minimum Gasteiger partial charge on any atom is -0.325 e. The van der Waals surface area contributed by atoms with Crippen molar-refractivity contribution in [2.45, 2.75) is 10.7 Å². The highest BCUT2D eigenvalue weighted by Gasteiger charge is 2.35. The predicted octanol–water partition coefficient (Wildman–Crippen LogP) is 3.33. The molecule has 0 N–H and O–H groups in total. The number of benzene rings is 1. The van der Waals surface area contributed by atoms with Gasteiger partial charge in [-0.05, 0) is 23.3 Å². The zero-order chi connectivity index (χ0) is 13.4. The van der Waals surface area contributed by atoms with Crippen molar-refractivity contribution >= 4 is 31.1 Å². The topological polar surface area (TPSA) is 39.9 Å². The van der Waals surface area contributed by atoms with E-state index in [0.29, 0.717) is 5.69 Å². The lowest BCUT2D eigenvalue weighted by Crippen LogP contribution is -2.21. The quantitative estimate of drug-likeness (QED) is 0.790. The number of hydrogen-bond donors (Lipinski definition) is 2. The minimum atomic E-state index is -0.0971. The van der Waals surface area contributed by atoms with E-state index in [1.807, 2.05) is 41.3 Å². The fourth-order valence-corrected chi connectivity index (χ4v) is 3.37. The maximum atomic E-state index is 8.94. The maximum Gasteiger partial charge on any atom is 0.142 e. The molecule has 1 aromatic carbocycles. The first kappa shape index (κ1) is 12.4. The van der Waals surface area contributed by atoms with E-state index in [-0.39, 0.29) is 10.7 Å². The Morgan fingerprint density at radius 3 is 2.21 bits per heavy atom. The molecule has 1 aliphatic heterocycles. The number of hydrogen-bond acceptors (Lipinski definition) is 5. The van der Waals surface area contributed by atoms with Gasteiger partial charge in [0.05, 0.1) is 0 Å². The monoisotopic (exact) mass is 285 g/mol.